The average molecular weight is 538 g/mol. The van der Waals surface area contributed by atoms with Gasteiger partial charge in [-0.05, 0) is 78.7 Å². The van der Waals surface area contributed by atoms with Crippen molar-refractivity contribution in [3.05, 3.63) is 56.8 Å². The minimum atomic E-state index is -0.589. The molecule has 4 aromatic rings. The molecule has 3 aromatic heterocycles. The molecular formula is C24H24BrN7OS. The lowest BCUT2D eigenvalue weighted by atomic mass is 10.00. The molecule has 8 nitrogen and oxygen atoms in total. The molecular weight excluding hydrogens is 514 g/mol. The summed E-state index contributed by atoms with van der Waals surface area (Å²) in [6, 6.07) is 6.09. The van der Waals surface area contributed by atoms with Crippen molar-refractivity contribution in [3.8, 4) is 16.3 Å². The second-order valence-electron chi connectivity index (χ2n) is 9.14. The SMILES string of the molecule is [C-]#[N+]CCc1cc(-n2nc(Br)c3cnc(C[C@@H]4CC[C@@](C)(O)C4)nc32)ccc1-c1nnc(C)s1. The number of benzene rings is 1. The van der Waals surface area contributed by atoms with E-state index in [1.165, 1.54) is 0 Å². The first-order valence-corrected chi connectivity index (χ1v) is 12.8. The molecule has 1 N–H and O–H groups in total. The van der Waals surface area contributed by atoms with E-state index < -0.39 is 5.60 Å². The van der Waals surface area contributed by atoms with Crippen LogP contribution in [0.3, 0.4) is 0 Å². The Hall–Kier alpha value is -2.74. The monoisotopic (exact) mass is 537 g/mol. The fraction of sp³-hybridized carbons (Fsp3) is 0.417. The molecule has 1 saturated carbocycles. The number of aliphatic hydroxyl groups is 1. The summed E-state index contributed by atoms with van der Waals surface area (Å²) < 4.78 is 2.51. The Bertz CT molecular complexity index is 1400. The lowest BCUT2D eigenvalue weighted by Crippen LogP contribution is -2.19. The third-order valence-corrected chi connectivity index (χ3v) is 7.76. The zero-order valence-corrected chi connectivity index (χ0v) is 21.4. The minimum Gasteiger partial charge on any atom is -0.390 e. The van der Waals surface area contributed by atoms with Crippen LogP contribution < -0.4 is 0 Å². The van der Waals surface area contributed by atoms with E-state index in [0.29, 0.717) is 23.5 Å². The minimum absolute atomic E-state index is 0.377. The highest BCUT2D eigenvalue weighted by Gasteiger charge is 2.33. The number of nitrogens with zero attached hydrogens (tertiary/aromatic N) is 7. The zero-order chi connectivity index (χ0) is 23.9. The highest BCUT2D eigenvalue weighted by molar-refractivity contribution is 9.10. The first-order chi connectivity index (χ1) is 16.3. The molecule has 0 bridgehead atoms. The van der Waals surface area contributed by atoms with Gasteiger partial charge < -0.3 is 9.95 Å². The number of halogens is 1. The molecule has 10 heteroatoms. The summed E-state index contributed by atoms with van der Waals surface area (Å²) in [5.41, 5.74) is 3.05. The van der Waals surface area contributed by atoms with Crippen LogP contribution in [0.4, 0.5) is 0 Å². The molecule has 0 saturated heterocycles. The molecule has 34 heavy (non-hydrogen) atoms. The maximum atomic E-state index is 10.3. The normalized spacial score (nSPS) is 20.1. The number of rotatable bonds is 6. The predicted molar refractivity (Wildman–Crippen MR) is 135 cm³/mol. The van der Waals surface area contributed by atoms with E-state index in [4.69, 9.17) is 11.6 Å². The quantitative estimate of drug-likeness (QED) is 0.349. The largest absolute Gasteiger partial charge is 0.390 e. The van der Waals surface area contributed by atoms with Gasteiger partial charge in [-0.3, -0.25) is 0 Å². The van der Waals surface area contributed by atoms with Crippen LogP contribution in [0.15, 0.2) is 29.0 Å². The first kappa shape index (κ1) is 23.0. The van der Waals surface area contributed by atoms with E-state index in [9.17, 15) is 5.11 Å². The Morgan fingerprint density at radius 1 is 1.35 bits per heavy atom. The number of hydrogen-bond donors (Lipinski definition) is 1. The van der Waals surface area contributed by atoms with Gasteiger partial charge in [0.2, 0.25) is 6.54 Å². The van der Waals surface area contributed by atoms with E-state index in [2.05, 4.69) is 47.1 Å². The van der Waals surface area contributed by atoms with Crippen molar-refractivity contribution >= 4 is 38.3 Å². The van der Waals surface area contributed by atoms with Crippen molar-refractivity contribution in [2.24, 2.45) is 5.92 Å². The van der Waals surface area contributed by atoms with Gasteiger partial charge in [0.1, 0.15) is 20.4 Å². The lowest BCUT2D eigenvalue weighted by molar-refractivity contribution is 0.0635. The van der Waals surface area contributed by atoms with Gasteiger partial charge in [0.25, 0.3) is 0 Å². The Balaban J connectivity index is 1.53. The summed E-state index contributed by atoms with van der Waals surface area (Å²) in [7, 11) is 0. The standard InChI is InChI=1S/C24H24BrN7OS/c1-14-29-30-23(34-14)18-5-4-17(11-16(18)7-9-26-3)32-22-19(21(25)31-32)13-27-20(28-22)10-15-6-8-24(2,33)12-15/h4-5,11,13,15,33H,6-10,12H2,1-2H3/t15-,24+/m0/s1. The van der Waals surface area contributed by atoms with Crippen molar-refractivity contribution in [3.63, 3.8) is 0 Å². The first-order valence-electron chi connectivity index (χ1n) is 11.2. The van der Waals surface area contributed by atoms with E-state index in [-0.39, 0.29) is 0 Å². The molecule has 1 aliphatic rings. The molecule has 0 amide bonds. The summed E-state index contributed by atoms with van der Waals surface area (Å²) in [6.07, 6.45) is 5.74. The van der Waals surface area contributed by atoms with Crippen LogP contribution in [0, 0.1) is 19.4 Å². The molecule has 0 radical (unpaired) electrons. The molecule has 3 heterocycles. The van der Waals surface area contributed by atoms with Crippen molar-refractivity contribution in [2.45, 2.75) is 51.6 Å². The summed E-state index contributed by atoms with van der Waals surface area (Å²) in [5, 5.41) is 26.1. The second kappa shape index (κ2) is 9.13. The van der Waals surface area contributed by atoms with Crippen LogP contribution >= 0.6 is 27.3 Å². The molecule has 1 aromatic carbocycles. The number of aryl methyl sites for hydroxylation is 1. The van der Waals surface area contributed by atoms with Crippen molar-refractivity contribution < 1.29 is 5.11 Å². The average Bonchev–Trinajstić information content (AvgIpc) is 3.49. The van der Waals surface area contributed by atoms with E-state index >= 15 is 0 Å². The molecule has 0 spiro atoms. The van der Waals surface area contributed by atoms with Gasteiger partial charge in [0.05, 0.1) is 16.7 Å². The summed E-state index contributed by atoms with van der Waals surface area (Å²) in [5.74, 6) is 1.14. The van der Waals surface area contributed by atoms with E-state index in [1.807, 2.05) is 36.9 Å². The Labute approximate surface area is 210 Å². The number of aromatic nitrogens is 6. The Morgan fingerprint density at radius 3 is 2.91 bits per heavy atom. The second-order valence-corrected chi connectivity index (χ2v) is 11.1. The molecule has 0 unspecified atom stereocenters. The Kier molecular flexibility index (Phi) is 6.18. The highest BCUT2D eigenvalue weighted by Crippen LogP contribution is 2.36. The third kappa shape index (κ3) is 4.60. The van der Waals surface area contributed by atoms with Crippen LogP contribution in [0.25, 0.3) is 32.1 Å². The van der Waals surface area contributed by atoms with Gasteiger partial charge in [-0.1, -0.05) is 11.3 Å². The van der Waals surface area contributed by atoms with Crippen molar-refractivity contribution in [2.75, 3.05) is 6.54 Å². The van der Waals surface area contributed by atoms with Crippen molar-refractivity contribution in [1.82, 2.24) is 29.9 Å². The summed E-state index contributed by atoms with van der Waals surface area (Å²) in [4.78, 5) is 13.0. The van der Waals surface area contributed by atoms with E-state index in [1.54, 1.807) is 11.3 Å². The fourth-order valence-corrected chi connectivity index (χ4v) is 5.86. The van der Waals surface area contributed by atoms with Crippen LogP contribution in [-0.2, 0) is 12.8 Å². The molecule has 2 atom stereocenters. The maximum absolute atomic E-state index is 10.3. The molecule has 1 fully saturated rings. The van der Waals surface area contributed by atoms with Crippen LogP contribution in [-0.4, -0.2) is 47.2 Å². The topological polar surface area (TPSA) is 94.0 Å². The van der Waals surface area contributed by atoms with Crippen LogP contribution in [0.1, 0.15) is 42.6 Å². The number of hydrogen-bond acceptors (Lipinski definition) is 7. The van der Waals surface area contributed by atoms with Crippen LogP contribution in [0.2, 0.25) is 0 Å². The summed E-state index contributed by atoms with van der Waals surface area (Å²) in [6.45, 7) is 11.5. The predicted octanol–water partition coefficient (Wildman–Crippen LogP) is 4.96. The van der Waals surface area contributed by atoms with Gasteiger partial charge >= 0.3 is 0 Å². The van der Waals surface area contributed by atoms with Crippen LogP contribution in [0.5, 0.6) is 0 Å². The molecule has 0 aliphatic heterocycles. The van der Waals surface area contributed by atoms with Gasteiger partial charge in [-0.2, -0.15) is 5.10 Å². The zero-order valence-electron chi connectivity index (χ0n) is 19.0. The molecule has 174 valence electrons. The summed E-state index contributed by atoms with van der Waals surface area (Å²) >= 11 is 5.10. The van der Waals surface area contributed by atoms with Gasteiger partial charge in [0.15, 0.2) is 5.65 Å². The van der Waals surface area contributed by atoms with Crippen molar-refractivity contribution in [1.29, 1.82) is 0 Å². The third-order valence-electron chi connectivity index (χ3n) is 6.30. The van der Waals surface area contributed by atoms with E-state index in [0.717, 1.165) is 69.4 Å². The Morgan fingerprint density at radius 2 is 2.21 bits per heavy atom. The smallest absolute Gasteiger partial charge is 0.218 e. The fourth-order valence-electron chi connectivity index (χ4n) is 4.67. The molecule has 1 aliphatic carbocycles. The highest BCUT2D eigenvalue weighted by atomic mass is 79.9. The lowest BCUT2D eigenvalue weighted by Gasteiger charge is -2.15. The molecule has 5 rings (SSSR count). The number of fused-ring (bicyclic) bond motifs is 1. The van der Waals surface area contributed by atoms with Gasteiger partial charge in [-0.15, -0.1) is 10.2 Å². The van der Waals surface area contributed by atoms with Gasteiger partial charge in [0, 0.05) is 24.6 Å². The van der Waals surface area contributed by atoms with Gasteiger partial charge in [-0.25, -0.2) is 21.2 Å². The maximum Gasteiger partial charge on any atom is 0.218 e.